The van der Waals surface area contributed by atoms with E-state index in [-0.39, 0.29) is 30.1 Å². The van der Waals surface area contributed by atoms with Gasteiger partial charge < -0.3 is 26.4 Å². The second kappa shape index (κ2) is 10.9. The van der Waals surface area contributed by atoms with E-state index >= 15 is 0 Å². The number of carbonyl (C=O) groups excluding carboxylic acids is 2. The van der Waals surface area contributed by atoms with Crippen LogP contribution in [-0.2, 0) is 22.7 Å². The molecule has 0 radical (unpaired) electrons. The minimum Gasteiger partial charge on any atom is -0.393 e. The summed E-state index contributed by atoms with van der Waals surface area (Å²) in [6.45, 7) is 2.63. The van der Waals surface area contributed by atoms with Crippen LogP contribution in [0.1, 0.15) is 44.0 Å². The standard InChI is InChI=1S/C23H29F3N8O2/c1-22(7-15(8-22)9-27)13-34(29)12-16(28)21(36)31-11-19-32-17-3-2-14(6-18(17)33-19)10-30-20(35)4-5-23(24,25)26/h2-3,6,12,15H,4-5,7-8,10-11,13,28-29H2,1H3,(H,30,35)(H,31,36)(H,32,33)/b16-12-. The number of alkyl halides is 3. The lowest BCUT2D eigenvalue weighted by Gasteiger charge is -2.43. The fourth-order valence-electron chi connectivity index (χ4n) is 4.19. The van der Waals surface area contributed by atoms with Crippen molar-refractivity contribution in [3.63, 3.8) is 0 Å². The van der Waals surface area contributed by atoms with Crippen LogP contribution in [0.25, 0.3) is 11.0 Å². The molecule has 13 heteroatoms. The predicted molar refractivity (Wildman–Crippen MR) is 125 cm³/mol. The van der Waals surface area contributed by atoms with Gasteiger partial charge in [0.25, 0.3) is 5.91 Å². The highest BCUT2D eigenvalue weighted by molar-refractivity contribution is 5.92. The van der Waals surface area contributed by atoms with Crippen molar-refractivity contribution in [1.29, 1.82) is 5.26 Å². The summed E-state index contributed by atoms with van der Waals surface area (Å²) in [5, 5.41) is 15.4. The number of hydrogen-bond acceptors (Lipinski definition) is 7. The number of benzene rings is 1. The molecule has 7 N–H and O–H groups in total. The summed E-state index contributed by atoms with van der Waals surface area (Å²) in [6.07, 6.45) is -3.32. The predicted octanol–water partition coefficient (Wildman–Crippen LogP) is 2.05. The van der Waals surface area contributed by atoms with E-state index in [9.17, 15) is 22.8 Å². The Morgan fingerprint density at radius 2 is 2.06 bits per heavy atom. The van der Waals surface area contributed by atoms with Crippen LogP contribution in [0.3, 0.4) is 0 Å². The number of imidazole rings is 1. The highest BCUT2D eigenvalue weighted by atomic mass is 19.4. The van der Waals surface area contributed by atoms with Crippen LogP contribution in [-0.4, -0.2) is 39.5 Å². The molecule has 1 saturated carbocycles. The van der Waals surface area contributed by atoms with Gasteiger partial charge in [0, 0.05) is 31.6 Å². The molecular formula is C23H29F3N8O2. The number of H-pyrrole nitrogens is 1. The minimum atomic E-state index is -4.38. The van der Waals surface area contributed by atoms with Crippen molar-refractivity contribution in [2.75, 3.05) is 6.54 Å². The number of aromatic amines is 1. The first-order chi connectivity index (χ1) is 16.9. The Morgan fingerprint density at radius 1 is 1.33 bits per heavy atom. The van der Waals surface area contributed by atoms with E-state index in [1.165, 1.54) is 11.2 Å². The number of hydrogen-bond donors (Lipinski definition) is 5. The van der Waals surface area contributed by atoms with Gasteiger partial charge in [-0.25, -0.2) is 10.8 Å². The van der Waals surface area contributed by atoms with Crippen molar-refractivity contribution in [3.8, 4) is 6.07 Å². The maximum atomic E-state index is 12.4. The van der Waals surface area contributed by atoms with Crippen molar-refractivity contribution in [2.24, 2.45) is 22.9 Å². The number of nitrogens with two attached hydrogens (primary N) is 2. The highest BCUT2D eigenvalue weighted by Gasteiger charge is 2.41. The Morgan fingerprint density at radius 3 is 2.72 bits per heavy atom. The number of fused-ring (bicyclic) bond motifs is 1. The van der Waals surface area contributed by atoms with Crippen molar-refractivity contribution >= 4 is 22.8 Å². The van der Waals surface area contributed by atoms with Gasteiger partial charge in [0.15, 0.2) is 0 Å². The Bertz CT molecular complexity index is 1180. The van der Waals surface area contributed by atoms with E-state index in [2.05, 4.69) is 26.7 Å². The van der Waals surface area contributed by atoms with Crippen LogP contribution in [0.15, 0.2) is 30.1 Å². The van der Waals surface area contributed by atoms with Crippen molar-refractivity contribution in [1.82, 2.24) is 25.6 Å². The molecule has 2 aromatic rings. The molecule has 1 aliphatic rings. The lowest BCUT2D eigenvalue weighted by molar-refractivity contribution is -0.144. The average Bonchev–Trinajstić information content (AvgIpc) is 3.19. The molecule has 0 atom stereocenters. The first-order valence-electron chi connectivity index (χ1n) is 11.3. The largest absolute Gasteiger partial charge is 0.393 e. The topological polar surface area (TPSA) is 166 Å². The Hall–Kier alpha value is -3.79. The number of nitrogens with one attached hydrogen (secondary N) is 3. The smallest absolute Gasteiger partial charge is 0.389 e. The van der Waals surface area contributed by atoms with Crippen molar-refractivity contribution in [3.05, 3.63) is 41.5 Å². The van der Waals surface area contributed by atoms with Gasteiger partial charge in [-0.05, 0) is 36.0 Å². The van der Waals surface area contributed by atoms with Gasteiger partial charge in [0.1, 0.15) is 11.5 Å². The van der Waals surface area contributed by atoms with Crippen LogP contribution < -0.4 is 22.2 Å². The van der Waals surface area contributed by atoms with Gasteiger partial charge in [-0.15, -0.1) is 0 Å². The molecule has 0 bridgehead atoms. The van der Waals surface area contributed by atoms with Gasteiger partial charge in [-0.2, -0.15) is 18.4 Å². The molecule has 1 fully saturated rings. The van der Waals surface area contributed by atoms with Crippen LogP contribution in [0.2, 0.25) is 0 Å². The monoisotopic (exact) mass is 506 g/mol. The molecule has 36 heavy (non-hydrogen) atoms. The lowest BCUT2D eigenvalue weighted by Crippen LogP contribution is -2.45. The van der Waals surface area contributed by atoms with Crippen molar-refractivity contribution < 1.29 is 22.8 Å². The molecule has 10 nitrogen and oxygen atoms in total. The van der Waals surface area contributed by atoms with Gasteiger partial charge in [-0.3, -0.25) is 9.59 Å². The van der Waals surface area contributed by atoms with Gasteiger partial charge >= 0.3 is 6.18 Å². The summed E-state index contributed by atoms with van der Waals surface area (Å²) < 4.78 is 36.7. The maximum absolute atomic E-state index is 12.4. The Balaban J connectivity index is 1.49. The molecule has 194 valence electrons. The van der Waals surface area contributed by atoms with Crippen LogP contribution >= 0.6 is 0 Å². The zero-order valence-electron chi connectivity index (χ0n) is 19.8. The molecule has 0 aliphatic heterocycles. The molecule has 3 rings (SSSR count). The third kappa shape index (κ3) is 7.61. The molecule has 1 aliphatic carbocycles. The van der Waals surface area contributed by atoms with E-state index in [0.717, 1.165) is 12.8 Å². The highest BCUT2D eigenvalue weighted by Crippen LogP contribution is 2.45. The first-order valence-corrected chi connectivity index (χ1v) is 11.3. The summed E-state index contributed by atoms with van der Waals surface area (Å²) in [4.78, 5) is 31.4. The number of aromatic nitrogens is 2. The molecular weight excluding hydrogens is 477 g/mol. The third-order valence-corrected chi connectivity index (χ3v) is 5.93. The molecule has 1 heterocycles. The summed E-state index contributed by atoms with van der Waals surface area (Å²) in [5.41, 5.74) is 7.63. The zero-order chi connectivity index (χ0) is 26.5. The number of carbonyl (C=O) groups is 2. The normalized spacial score (nSPS) is 19.9. The van der Waals surface area contributed by atoms with E-state index in [0.29, 0.717) is 29.0 Å². The van der Waals surface area contributed by atoms with Crippen LogP contribution in [0.5, 0.6) is 0 Å². The number of nitriles is 1. The van der Waals surface area contributed by atoms with Gasteiger partial charge in [0.05, 0.1) is 30.1 Å². The lowest BCUT2D eigenvalue weighted by atomic mass is 9.63. The number of hydrazine groups is 1. The quantitative estimate of drug-likeness (QED) is 0.187. The van der Waals surface area contributed by atoms with Crippen LogP contribution in [0, 0.1) is 22.7 Å². The van der Waals surface area contributed by atoms with Crippen LogP contribution in [0.4, 0.5) is 13.2 Å². The van der Waals surface area contributed by atoms with Crippen molar-refractivity contribution in [2.45, 2.75) is 51.9 Å². The summed E-state index contributed by atoms with van der Waals surface area (Å²) in [5.74, 6) is 5.26. The molecule has 2 amide bonds. The average molecular weight is 507 g/mol. The van der Waals surface area contributed by atoms with Gasteiger partial charge in [-0.1, -0.05) is 13.0 Å². The fraction of sp³-hybridized carbons (Fsp3) is 0.478. The van der Waals surface area contributed by atoms with E-state index < -0.39 is 30.8 Å². The maximum Gasteiger partial charge on any atom is 0.389 e. The summed E-state index contributed by atoms with van der Waals surface area (Å²) in [7, 11) is 0. The van der Waals surface area contributed by atoms with E-state index in [1.807, 2.05) is 6.92 Å². The molecule has 1 aromatic carbocycles. The SMILES string of the molecule is CC1(CN(N)/C=C(\N)C(=O)NCc2nc3ccc(CNC(=O)CCC(F)(F)F)cc3[nH]2)CC(C#N)C1. The number of halogens is 3. The fourth-order valence-corrected chi connectivity index (χ4v) is 4.19. The Labute approximate surface area is 205 Å². The first kappa shape index (κ1) is 26.8. The molecule has 0 saturated heterocycles. The van der Waals surface area contributed by atoms with Gasteiger partial charge in [0.2, 0.25) is 5.91 Å². The summed E-state index contributed by atoms with van der Waals surface area (Å²) in [6, 6.07) is 7.35. The third-order valence-electron chi connectivity index (χ3n) is 5.93. The number of nitrogens with zero attached hydrogens (tertiary/aromatic N) is 3. The minimum absolute atomic E-state index is 0.0370. The Kier molecular flexibility index (Phi) is 8.09. The number of rotatable bonds is 10. The number of amides is 2. The molecule has 0 unspecified atom stereocenters. The molecule has 0 spiro atoms. The second-order valence-electron chi connectivity index (χ2n) is 9.41. The van der Waals surface area contributed by atoms with E-state index in [4.69, 9.17) is 16.8 Å². The van der Waals surface area contributed by atoms with E-state index in [1.54, 1.807) is 18.2 Å². The summed E-state index contributed by atoms with van der Waals surface area (Å²) >= 11 is 0. The molecule has 1 aromatic heterocycles. The zero-order valence-corrected chi connectivity index (χ0v) is 19.8. The second-order valence-corrected chi connectivity index (χ2v) is 9.41.